The monoisotopic (exact) mass is 204 g/mol. The van der Waals surface area contributed by atoms with Crippen molar-refractivity contribution in [3.05, 3.63) is 47.5 Å². The van der Waals surface area contributed by atoms with Crippen molar-refractivity contribution in [1.29, 1.82) is 0 Å². The van der Waals surface area contributed by atoms with Gasteiger partial charge in [-0.05, 0) is 28.5 Å². The zero-order valence-corrected chi connectivity index (χ0v) is 8.29. The highest BCUT2D eigenvalue weighted by molar-refractivity contribution is 6.17. The van der Waals surface area contributed by atoms with Crippen LogP contribution in [0.2, 0.25) is 0 Å². The lowest BCUT2D eigenvalue weighted by molar-refractivity contribution is 0.112. The third-order valence-corrected chi connectivity index (χ3v) is 2.57. The SMILES string of the molecule is O=Cc1cc2ccccc2cc1CCl. The minimum absolute atomic E-state index is 0.374. The van der Waals surface area contributed by atoms with Crippen molar-refractivity contribution in [1.82, 2.24) is 0 Å². The summed E-state index contributed by atoms with van der Waals surface area (Å²) in [6, 6.07) is 11.8. The van der Waals surface area contributed by atoms with Crippen LogP contribution < -0.4 is 0 Å². The number of carbonyl (C=O) groups excluding carboxylic acids is 1. The summed E-state index contributed by atoms with van der Waals surface area (Å²) in [6.45, 7) is 0. The Morgan fingerprint density at radius 2 is 1.79 bits per heavy atom. The maximum Gasteiger partial charge on any atom is 0.150 e. The smallest absolute Gasteiger partial charge is 0.150 e. The van der Waals surface area contributed by atoms with Gasteiger partial charge in [0.1, 0.15) is 6.29 Å². The van der Waals surface area contributed by atoms with Gasteiger partial charge in [0.05, 0.1) is 0 Å². The molecular weight excluding hydrogens is 196 g/mol. The number of hydrogen-bond donors (Lipinski definition) is 0. The molecule has 0 unspecified atom stereocenters. The van der Waals surface area contributed by atoms with Crippen LogP contribution in [0.15, 0.2) is 36.4 Å². The van der Waals surface area contributed by atoms with Crippen LogP contribution in [0.3, 0.4) is 0 Å². The zero-order valence-electron chi connectivity index (χ0n) is 7.53. The molecule has 0 aliphatic carbocycles. The number of alkyl halides is 1. The van der Waals surface area contributed by atoms with Gasteiger partial charge in [-0.15, -0.1) is 11.6 Å². The number of hydrogen-bond acceptors (Lipinski definition) is 1. The van der Waals surface area contributed by atoms with Crippen LogP contribution >= 0.6 is 11.6 Å². The van der Waals surface area contributed by atoms with E-state index in [1.165, 1.54) is 0 Å². The van der Waals surface area contributed by atoms with Crippen molar-refractivity contribution in [2.45, 2.75) is 5.88 Å². The fourth-order valence-electron chi connectivity index (χ4n) is 1.53. The van der Waals surface area contributed by atoms with Gasteiger partial charge in [-0.25, -0.2) is 0 Å². The molecule has 2 aromatic carbocycles. The highest BCUT2D eigenvalue weighted by atomic mass is 35.5. The highest BCUT2D eigenvalue weighted by Gasteiger charge is 2.02. The predicted molar refractivity (Wildman–Crippen MR) is 58.9 cm³/mol. The van der Waals surface area contributed by atoms with E-state index in [1.807, 2.05) is 36.4 Å². The topological polar surface area (TPSA) is 17.1 Å². The first-order valence-corrected chi connectivity index (χ1v) is 4.91. The van der Waals surface area contributed by atoms with E-state index in [2.05, 4.69) is 0 Å². The molecule has 0 aromatic heterocycles. The van der Waals surface area contributed by atoms with Gasteiger partial charge >= 0.3 is 0 Å². The average Bonchev–Trinajstić information content (AvgIpc) is 2.27. The minimum atomic E-state index is 0.374. The summed E-state index contributed by atoms with van der Waals surface area (Å²) >= 11 is 5.75. The highest BCUT2D eigenvalue weighted by Crippen LogP contribution is 2.20. The van der Waals surface area contributed by atoms with Gasteiger partial charge < -0.3 is 0 Å². The predicted octanol–water partition coefficient (Wildman–Crippen LogP) is 3.39. The number of aldehydes is 1. The van der Waals surface area contributed by atoms with Crippen molar-refractivity contribution >= 4 is 28.7 Å². The van der Waals surface area contributed by atoms with E-state index in [0.29, 0.717) is 11.4 Å². The molecule has 0 aliphatic rings. The molecule has 0 amide bonds. The third-order valence-electron chi connectivity index (χ3n) is 2.28. The average molecular weight is 205 g/mol. The van der Waals surface area contributed by atoms with Crippen molar-refractivity contribution in [3.63, 3.8) is 0 Å². The maximum atomic E-state index is 10.8. The fourth-order valence-corrected chi connectivity index (χ4v) is 1.76. The molecule has 70 valence electrons. The molecule has 0 spiro atoms. The van der Waals surface area contributed by atoms with E-state index in [0.717, 1.165) is 22.6 Å². The van der Waals surface area contributed by atoms with Gasteiger partial charge in [-0.3, -0.25) is 4.79 Å². The molecule has 0 bridgehead atoms. The van der Waals surface area contributed by atoms with Crippen LogP contribution in [0.4, 0.5) is 0 Å². The molecule has 14 heavy (non-hydrogen) atoms. The van der Waals surface area contributed by atoms with E-state index < -0.39 is 0 Å². The summed E-state index contributed by atoms with van der Waals surface area (Å²) < 4.78 is 0. The Balaban J connectivity index is 2.75. The van der Waals surface area contributed by atoms with Gasteiger partial charge in [0.2, 0.25) is 0 Å². The van der Waals surface area contributed by atoms with Crippen LogP contribution in [0, 0.1) is 0 Å². The lowest BCUT2D eigenvalue weighted by atomic mass is 10.0. The normalized spacial score (nSPS) is 10.4. The van der Waals surface area contributed by atoms with Gasteiger partial charge in [0, 0.05) is 11.4 Å². The van der Waals surface area contributed by atoms with Crippen LogP contribution in [0.25, 0.3) is 10.8 Å². The number of fused-ring (bicyclic) bond motifs is 1. The summed E-state index contributed by atoms with van der Waals surface area (Å²) in [5.41, 5.74) is 1.57. The minimum Gasteiger partial charge on any atom is -0.298 e. The van der Waals surface area contributed by atoms with Crippen LogP contribution in [0.1, 0.15) is 15.9 Å². The Bertz CT molecular complexity index is 477. The third kappa shape index (κ3) is 1.51. The molecule has 0 N–H and O–H groups in total. The van der Waals surface area contributed by atoms with Crippen molar-refractivity contribution in [3.8, 4) is 0 Å². The number of rotatable bonds is 2. The summed E-state index contributed by atoms with van der Waals surface area (Å²) in [7, 11) is 0. The van der Waals surface area contributed by atoms with Crippen molar-refractivity contribution < 1.29 is 4.79 Å². The molecular formula is C12H9ClO. The Kier molecular flexibility index (Phi) is 2.51. The Hall–Kier alpha value is -1.34. The summed E-state index contributed by atoms with van der Waals surface area (Å²) in [5.74, 6) is 0.374. The van der Waals surface area contributed by atoms with Crippen LogP contribution in [0.5, 0.6) is 0 Å². The Labute approximate surface area is 87.3 Å². The number of benzene rings is 2. The van der Waals surface area contributed by atoms with Gasteiger partial charge in [0.25, 0.3) is 0 Å². The zero-order chi connectivity index (χ0) is 9.97. The molecule has 0 saturated carbocycles. The maximum absolute atomic E-state index is 10.8. The summed E-state index contributed by atoms with van der Waals surface area (Å²) in [5, 5.41) is 2.19. The van der Waals surface area contributed by atoms with Gasteiger partial charge in [-0.2, -0.15) is 0 Å². The Morgan fingerprint density at radius 3 is 2.36 bits per heavy atom. The van der Waals surface area contributed by atoms with Gasteiger partial charge in [0.15, 0.2) is 0 Å². The van der Waals surface area contributed by atoms with E-state index in [9.17, 15) is 4.79 Å². The number of halogens is 1. The van der Waals surface area contributed by atoms with E-state index >= 15 is 0 Å². The second-order valence-corrected chi connectivity index (χ2v) is 3.42. The lowest BCUT2D eigenvalue weighted by Gasteiger charge is -2.03. The number of carbonyl (C=O) groups is 1. The van der Waals surface area contributed by atoms with E-state index in [-0.39, 0.29) is 0 Å². The lowest BCUT2D eigenvalue weighted by Crippen LogP contribution is -1.89. The van der Waals surface area contributed by atoms with Crippen molar-refractivity contribution in [2.24, 2.45) is 0 Å². The quantitative estimate of drug-likeness (QED) is 0.541. The molecule has 0 aliphatic heterocycles. The molecule has 0 heterocycles. The first-order valence-electron chi connectivity index (χ1n) is 4.38. The van der Waals surface area contributed by atoms with Crippen molar-refractivity contribution in [2.75, 3.05) is 0 Å². The largest absolute Gasteiger partial charge is 0.298 e. The molecule has 0 atom stereocenters. The van der Waals surface area contributed by atoms with E-state index in [4.69, 9.17) is 11.6 Å². The fraction of sp³-hybridized carbons (Fsp3) is 0.0833. The molecule has 2 rings (SSSR count). The molecule has 0 saturated heterocycles. The molecule has 2 aromatic rings. The second kappa shape index (κ2) is 3.81. The Morgan fingerprint density at radius 1 is 1.14 bits per heavy atom. The van der Waals surface area contributed by atoms with Crippen LogP contribution in [-0.2, 0) is 5.88 Å². The molecule has 0 fully saturated rings. The second-order valence-electron chi connectivity index (χ2n) is 3.15. The summed E-state index contributed by atoms with van der Waals surface area (Å²) in [6.07, 6.45) is 0.851. The van der Waals surface area contributed by atoms with Crippen LogP contribution in [-0.4, -0.2) is 6.29 Å². The summed E-state index contributed by atoms with van der Waals surface area (Å²) in [4.78, 5) is 10.8. The first-order chi connectivity index (χ1) is 6.85. The first kappa shape index (κ1) is 9.22. The molecule has 0 radical (unpaired) electrons. The van der Waals surface area contributed by atoms with Gasteiger partial charge in [-0.1, -0.05) is 24.3 Å². The molecule has 1 nitrogen and oxygen atoms in total. The standard InChI is InChI=1S/C12H9ClO/c13-7-11-5-9-3-1-2-4-10(9)6-12(11)8-14/h1-6,8H,7H2. The molecule has 2 heteroatoms. The van der Waals surface area contributed by atoms with E-state index in [1.54, 1.807) is 0 Å².